The van der Waals surface area contributed by atoms with Crippen molar-refractivity contribution in [2.45, 2.75) is 19.8 Å². The highest BCUT2D eigenvalue weighted by molar-refractivity contribution is 6.02. The summed E-state index contributed by atoms with van der Waals surface area (Å²) in [5.74, 6) is 0.0468. The van der Waals surface area contributed by atoms with E-state index in [-0.39, 0.29) is 29.4 Å². The van der Waals surface area contributed by atoms with Crippen molar-refractivity contribution in [1.82, 2.24) is 10.2 Å². The van der Waals surface area contributed by atoms with Gasteiger partial charge in [0.15, 0.2) is 0 Å². The fraction of sp³-hybridized carbons (Fsp3) is 0.526. The van der Waals surface area contributed by atoms with Gasteiger partial charge in [-0.3, -0.25) is 4.79 Å². The van der Waals surface area contributed by atoms with E-state index in [1.807, 2.05) is 0 Å². The van der Waals surface area contributed by atoms with Gasteiger partial charge in [-0.2, -0.15) is 0 Å². The molecule has 0 unspecified atom stereocenters. The fourth-order valence-corrected chi connectivity index (χ4v) is 2.96. The maximum Gasteiger partial charge on any atom is 0.292 e. The second-order valence-corrected chi connectivity index (χ2v) is 7.32. The fourth-order valence-electron chi connectivity index (χ4n) is 2.96. The van der Waals surface area contributed by atoms with Gasteiger partial charge in [-0.15, -0.1) is 0 Å². The lowest BCUT2D eigenvalue weighted by Gasteiger charge is -2.32. The molecular weight excluding hydrogens is 332 g/mol. The molecule has 3 rings (SSSR count). The first kappa shape index (κ1) is 18.5. The number of piperazine rings is 1. The summed E-state index contributed by atoms with van der Waals surface area (Å²) in [7, 11) is 0. The Hall–Kier alpha value is -2.25. The van der Waals surface area contributed by atoms with Crippen LogP contribution in [-0.2, 0) is 9.53 Å². The van der Waals surface area contributed by atoms with Crippen molar-refractivity contribution in [2.75, 3.05) is 44.6 Å². The normalized spacial score (nSPS) is 19.5. The van der Waals surface area contributed by atoms with Crippen molar-refractivity contribution in [3.05, 3.63) is 35.7 Å². The lowest BCUT2D eigenvalue weighted by atomic mass is 10.2. The molecule has 26 heavy (non-hydrogen) atoms. The molecule has 5 N–H and O–H groups in total. The minimum absolute atomic E-state index is 0.0980. The number of benzene rings is 1. The number of hydrogen-bond acceptors (Lipinski definition) is 6. The van der Waals surface area contributed by atoms with Gasteiger partial charge in [0.05, 0.1) is 12.3 Å². The first-order chi connectivity index (χ1) is 12.5. The lowest BCUT2D eigenvalue weighted by molar-refractivity contribution is -0.116. The zero-order valence-corrected chi connectivity index (χ0v) is 15.3. The molecule has 2 aliphatic rings. The number of amides is 1. The monoisotopic (exact) mass is 360 g/mol. The van der Waals surface area contributed by atoms with Crippen LogP contribution in [0.1, 0.15) is 19.8 Å². The molecule has 1 saturated heterocycles. The van der Waals surface area contributed by atoms with E-state index in [4.69, 9.17) is 10.5 Å². The van der Waals surface area contributed by atoms with E-state index in [1.54, 1.807) is 18.2 Å². The number of anilines is 1. The van der Waals surface area contributed by atoms with Crippen LogP contribution in [0.4, 0.5) is 5.69 Å². The summed E-state index contributed by atoms with van der Waals surface area (Å²) in [5.41, 5.74) is 7.40. The second-order valence-electron chi connectivity index (χ2n) is 7.32. The molecule has 0 radical (unpaired) electrons. The van der Waals surface area contributed by atoms with Crippen LogP contribution < -0.4 is 16.4 Å². The van der Waals surface area contributed by atoms with Gasteiger partial charge in [0.25, 0.3) is 5.91 Å². The van der Waals surface area contributed by atoms with Gasteiger partial charge >= 0.3 is 0 Å². The Morgan fingerprint density at radius 1 is 1.38 bits per heavy atom. The Morgan fingerprint density at radius 3 is 2.73 bits per heavy atom. The van der Waals surface area contributed by atoms with Crippen LogP contribution in [0.5, 0.6) is 5.75 Å². The zero-order valence-electron chi connectivity index (χ0n) is 15.3. The van der Waals surface area contributed by atoms with E-state index in [9.17, 15) is 9.90 Å². The van der Waals surface area contributed by atoms with E-state index in [2.05, 4.69) is 22.5 Å². The molecule has 1 saturated carbocycles. The predicted molar refractivity (Wildman–Crippen MR) is 101 cm³/mol. The molecule has 1 aromatic carbocycles. The summed E-state index contributed by atoms with van der Waals surface area (Å²) in [4.78, 5) is 15.0. The van der Waals surface area contributed by atoms with E-state index in [0.29, 0.717) is 12.3 Å². The molecule has 2 fully saturated rings. The largest absolute Gasteiger partial charge is 0.508 e. The number of rotatable bonds is 7. The summed E-state index contributed by atoms with van der Waals surface area (Å²) >= 11 is 0. The number of nitrogens with two attached hydrogens (primary N) is 1. The van der Waals surface area contributed by atoms with Crippen molar-refractivity contribution in [2.24, 2.45) is 11.1 Å². The minimum atomic E-state index is -0.334. The third-order valence-electron chi connectivity index (χ3n) is 4.93. The van der Waals surface area contributed by atoms with Gasteiger partial charge in [0, 0.05) is 49.9 Å². The van der Waals surface area contributed by atoms with Crippen LogP contribution in [-0.4, -0.2) is 55.2 Å². The maximum absolute atomic E-state index is 12.9. The Morgan fingerprint density at radius 2 is 2.12 bits per heavy atom. The second kappa shape index (κ2) is 7.97. The highest BCUT2D eigenvalue weighted by Gasteiger charge is 2.39. The van der Waals surface area contributed by atoms with Crippen molar-refractivity contribution in [3.8, 4) is 5.75 Å². The highest BCUT2D eigenvalue weighted by atomic mass is 16.5. The summed E-state index contributed by atoms with van der Waals surface area (Å²) in [6.45, 7) is 6.17. The van der Waals surface area contributed by atoms with Crippen molar-refractivity contribution in [3.63, 3.8) is 0 Å². The third kappa shape index (κ3) is 4.68. The molecule has 1 aliphatic heterocycles. The van der Waals surface area contributed by atoms with Crippen LogP contribution in [0.15, 0.2) is 35.7 Å². The number of nitrogens with zero attached hydrogens (tertiary/aromatic N) is 1. The van der Waals surface area contributed by atoms with Crippen molar-refractivity contribution >= 4 is 11.6 Å². The van der Waals surface area contributed by atoms with E-state index in [0.717, 1.165) is 44.7 Å². The molecular formula is C19H28N4O3. The smallest absolute Gasteiger partial charge is 0.292 e. The van der Waals surface area contributed by atoms with Crippen LogP contribution >= 0.6 is 0 Å². The number of aromatic hydroxyl groups is 1. The third-order valence-corrected chi connectivity index (χ3v) is 4.93. The molecule has 1 aliphatic carbocycles. The first-order valence-corrected chi connectivity index (χ1v) is 9.13. The summed E-state index contributed by atoms with van der Waals surface area (Å²) in [5, 5.41) is 15.7. The highest BCUT2D eigenvalue weighted by Crippen LogP contribution is 2.45. The maximum atomic E-state index is 12.9. The van der Waals surface area contributed by atoms with Crippen molar-refractivity contribution in [1.29, 1.82) is 0 Å². The molecule has 0 aromatic heterocycles. The number of carbonyl (C=O) groups excluding carboxylic acids is 1. The standard InChI is InChI=1S/C19H28N4O3/c1-19(5-6-19)13-26-17(16(12-20)23-9-7-21-8-10-23)18(25)22-14-3-2-4-15(24)11-14/h2-4,11,21,24H,5-10,12-13,20H2,1H3,(H,22,25)/b17-16-. The van der Waals surface area contributed by atoms with E-state index in [1.165, 1.54) is 6.07 Å². The average Bonchev–Trinajstić information content (AvgIpc) is 3.37. The molecule has 0 spiro atoms. The molecule has 0 atom stereocenters. The Kier molecular flexibility index (Phi) is 5.68. The van der Waals surface area contributed by atoms with Gasteiger partial charge in [-0.1, -0.05) is 13.0 Å². The zero-order chi connectivity index (χ0) is 18.6. The molecule has 7 heteroatoms. The summed E-state index contributed by atoms with van der Waals surface area (Å²) in [6.07, 6.45) is 2.22. The van der Waals surface area contributed by atoms with Crippen LogP contribution in [0.25, 0.3) is 0 Å². The predicted octanol–water partition coefficient (Wildman–Crippen LogP) is 1.22. The molecule has 1 aromatic rings. The van der Waals surface area contributed by atoms with Crippen LogP contribution in [0.2, 0.25) is 0 Å². The summed E-state index contributed by atoms with van der Waals surface area (Å²) < 4.78 is 6.00. The van der Waals surface area contributed by atoms with Crippen molar-refractivity contribution < 1.29 is 14.6 Å². The summed E-state index contributed by atoms with van der Waals surface area (Å²) in [6, 6.07) is 6.47. The molecule has 0 bridgehead atoms. The number of carbonyl (C=O) groups is 1. The average molecular weight is 360 g/mol. The van der Waals surface area contributed by atoms with E-state index < -0.39 is 0 Å². The van der Waals surface area contributed by atoms with Gasteiger partial charge in [0.1, 0.15) is 5.75 Å². The Bertz CT molecular complexity index is 679. The molecule has 7 nitrogen and oxygen atoms in total. The first-order valence-electron chi connectivity index (χ1n) is 9.13. The molecule has 142 valence electrons. The van der Waals surface area contributed by atoms with Gasteiger partial charge < -0.3 is 31.1 Å². The quantitative estimate of drug-likeness (QED) is 0.431. The SMILES string of the molecule is CC1(CO/C(C(=O)Nc2cccc(O)c2)=C(/CN)N2CCNCC2)CC1. The van der Waals surface area contributed by atoms with Gasteiger partial charge in [-0.05, 0) is 25.0 Å². The number of phenolic OH excluding ortho intramolecular Hbond substituents is 1. The number of nitrogens with one attached hydrogen (secondary N) is 2. The van der Waals surface area contributed by atoms with Gasteiger partial charge in [0.2, 0.25) is 5.76 Å². The molecule has 1 heterocycles. The number of ether oxygens (including phenoxy) is 1. The Balaban J connectivity index is 1.82. The van der Waals surface area contributed by atoms with Crippen LogP contribution in [0.3, 0.4) is 0 Å². The lowest BCUT2D eigenvalue weighted by Crippen LogP contribution is -2.45. The minimum Gasteiger partial charge on any atom is -0.508 e. The number of hydrogen-bond donors (Lipinski definition) is 4. The van der Waals surface area contributed by atoms with E-state index >= 15 is 0 Å². The number of phenols is 1. The van der Waals surface area contributed by atoms with Crippen LogP contribution in [0, 0.1) is 5.41 Å². The Labute approximate surface area is 154 Å². The topological polar surface area (TPSA) is 99.8 Å². The van der Waals surface area contributed by atoms with Gasteiger partial charge in [-0.25, -0.2) is 0 Å². The molecule has 1 amide bonds.